The van der Waals surface area contributed by atoms with Gasteiger partial charge in [-0.15, -0.1) is 0 Å². The third-order valence-corrected chi connectivity index (χ3v) is 3.97. The van der Waals surface area contributed by atoms with Crippen molar-refractivity contribution in [2.24, 2.45) is 22.2 Å². The lowest BCUT2D eigenvalue weighted by Crippen LogP contribution is -2.22. The molecule has 0 aliphatic carbocycles. The summed E-state index contributed by atoms with van der Waals surface area (Å²) in [5.41, 5.74) is 16.7. The molecule has 0 aromatic heterocycles. The number of aliphatic imine (C=N–C) groups is 1. The first-order valence-corrected chi connectivity index (χ1v) is 9.43. The van der Waals surface area contributed by atoms with Gasteiger partial charge in [0.05, 0.1) is 6.61 Å². The number of nitrogen functional groups attached to an aromatic ring is 1. The summed E-state index contributed by atoms with van der Waals surface area (Å²) in [5, 5.41) is 10.9. The Morgan fingerprint density at radius 2 is 1.65 bits per heavy atom. The summed E-state index contributed by atoms with van der Waals surface area (Å²) < 4.78 is 5.69. The molecule has 0 unspecified atom stereocenters. The molecule has 0 bridgehead atoms. The molecule has 0 heterocycles. The van der Waals surface area contributed by atoms with Gasteiger partial charge in [0, 0.05) is 12.1 Å². The van der Waals surface area contributed by atoms with Gasteiger partial charge in [0.25, 0.3) is 0 Å². The van der Waals surface area contributed by atoms with E-state index in [0.717, 1.165) is 38.2 Å². The predicted octanol–water partition coefficient (Wildman–Crippen LogP) is 1.94. The molecule has 0 saturated carbocycles. The molecule has 146 valence electrons. The monoisotopic (exact) mass is 362 g/mol. The average molecular weight is 363 g/mol. The zero-order valence-corrected chi connectivity index (χ0v) is 15.7. The summed E-state index contributed by atoms with van der Waals surface area (Å²) in [6, 6.07) is 7.34. The number of ether oxygens (including phenoxy) is 1. The summed E-state index contributed by atoms with van der Waals surface area (Å²) in [5.74, 6) is 1.01. The van der Waals surface area contributed by atoms with Gasteiger partial charge >= 0.3 is 0 Å². The van der Waals surface area contributed by atoms with Crippen LogP contribution in [0, 0.1) is 5.41 Å². The van der Waals surface area contributed by atoms with Crippen molar-refractivity contribution in [2.45, 2.75) is 44.9 Å². The third kappa shape index (κ3) is 11.3. The normalized spacial score (nSPS) is 10.5. The summed E-state index contributed by atoms with van der Waals surface area (Å²) in [7, 11) is 0. The quantitative estimate of drug-likeness (QED) is 0.184. The van der Waals surface area contributed by atoms with Crippen LogP contribution in [0.4, 0.5) is 0 Å². The van der Waals surface area contributed by atoms with Crippen molar-refractivity contribution in [3.05, 3.63) is 29.8 Å². The number of rotatable bonds is 15. The fraction of sp³-hybridized carbons (Fsp3) is 0.579. The first-order chi connectivity index (χ1) is 12.6. The maximum Gasteiger partial charge on any atom is 0.185 e. The minimum Gasteiger partial charge on any atom is -0.494 e. The van der Waals surface area contributed by atoms with Gasteiger partial charge in [0.1, 0.15) is 11.6 Å². The van der Waals surface area contributed by atoms with E-state index >= 15 is 0 Å². The minimum absolute atomic E-state index is 0.0610. The van der Waals surface area contributed by atoms with Gasteiger partial charge in [0.2, 0.25) is 0 Å². The molecule has 0 aliphatic heterocycles. The van der Waals surface area contributed by atoms with E-state index in [9.17, 15) is 0 Å². The number of unbranched alkanes of at least 4 members (excludes halogenated alkanes) is 5. The standard InChI is InChI=1S/C19H34N6O/c20-18(21)16-9-7-10-17(15-16)26-14-8-12-24-11-5-3-1-2-4-6-13-25-19(22)23/h7,9-10,15,24H,1-6,8,11-14H2,(H3,20,21)(H4,22,23,25). The first kappa shape index (κ1) is 21.8. The maximum atomic E-state index is 7.42. The van der Waals surface area contributed by atoms with Gasteiger partial charge in [0.15, 0.2) is 5.96 Å². The average Bonchev–Trinajstić information content (AvgIpc) is 2.62. The summed E-state index contributed by atoms with van der Waals surface area (Å²) in [6.07, 6.45) is 8.16. The second-order valence-corrected chi connectivity index (χ2v) is 6.32. The van der Waals surface area contributed by atoms with Crippen LogP contribution in [-0.4, -0.2) is 38.0 Å². The van der Waals surface area contributed by atoms with Gasteiger partial charge < -0.3 is 27.3 Å². The van der Waals surface area contributed by atoms with E-state index in [1.807, 2.05) is 12.1 Å². The maximum absolute atomic E-state index is 7.42. The molecule has 0 spiro atoms. The van der Waals surface area contributed by atoms with Gasteiger partial charge in [-0.25, -0.2) is 0 Å². The molecule has 0 amide bonds. The lowest BCUT2D eigenvalue weighted by atomic mass is 10.1. The van der Waals surface area contributed by atoms with Gasteiger partial charge in [-0.1, -0.05) is 37.8 Å². The van der Waals surface area contributed by atoms with Crippen molar-refractivity contribution in [1.82, 2.24) is 5.32 Å². The Kier molecular flexibility index (Phi) is 11.7. The molecule has 0 radical (unpaired) electrons. The van der Waals surface area contributed by atoms with E-state index in [-0.39, 0.29) is 11.8 Å². The van der Waals surface area contributed by atoms with Crippen LogP contribution >= 0.6 is 0 Å². The van der Waals surface area contributed by atoms with Crippen molar-refractivity contribution in [1.29, 1.82) is 5.41 Å². The largest absolute Gasteiger partial charge is 0.494 e. The number of benzene rings is 1. The molecule has 0 fully saturated rings. The lowest BCUT2D eigenvalue weighted by molar-refractivity contribution is 0.308. The van der Waals surface area contributed by atoms with Crippen LogP contribution in [0.2, 0.25) is 0 Å². The van der Waals surface area contributed by atoms with Gasteiger partial charge in [-0.3, -0.25) is 10.4 Å². The number of nitrogens with two attached hydrogens (primary N) is 3. The second kappa shape index (κ2) is 13.9. The molecule has 1 aromatic carbocycles. The molecule has 1 rings (SSSR count). The predicted molar refractivity (Wildman–Crippen MR) is 109 cm³/mol. The van der Waals surface area contributed by atoms with Crippen LogP contribution in [0.25, 0.3) is 0 Å². The molecular formula is C19H34N6O. The Morgan fingerprint density at radius 3 is 2.38 bits per heavy atom. The Bertz CT molecular complexity index is 543. The zero-order valence-electron chi connectivity index (χ0n) is 15.7. The Labute approximate surface area is 156 Å². The fourth-order valence-corrected chi connectivity index (χ4v) is 2.54. The molecule has 7 nitrogen and oxygen atoms in total. The van der Waals surface area contributed by atoms with E-state index in [0.29, 0.717) is 12.2 Å². The molecule has 0 saturated heterocycles. The molecule has 1 aromatic rings. The van der Waals surface area contributed by atoms with E-state index in [4.69, 9.17) is 27.3 Å². The molecular weight excluding hydrogens is 328 g/mol. The number of guanidine groups is 1. The molecule has 8 N–H and O–H groups in total. The Balaban J connectivity index is 1.89. The number of nitrogens with one attached hydrogen (secondary N) is 2. The van der Waals surface area contributed by atoms with Crippen molar-refractivity contribution < 1.29 is 4.74 Å². The Morgan fingerprint density at radius 1 is 0.962 bits per heavy atom. The molecule has 0 aliphatic rings. The fourth-order valence-electron chi connectivity index (χ4n) is 2.54. The van der Waals surface area contributed by atoms with Crippen LogP contribution < -0.4 is 27.3 Å². The molecule has 26 heavy (non-hydrogen) atoms. The van der Waals surface area contributed by atoms with Crippen LogP contribution in [0.15, 0.2) is 29.3 Å². The van der Waals surface area contributed by atoms with Crippen LogP contribution in [0.1, 0.15) is 50.5 Å². The van der Waals surface area contributed by atoms with E-state index < -0.39 is 0 Å². The van der Waals surface area contributed by atoms with Crippen LogP contribution in [-0.2, 0) is 0 Å². The minimum atomic E-state index is 0.0610. The first-order valence-electron chi connectivity index (χ1n) is 9.43. The summed E-state index contributed by atoms with van der Waals surface area (Å²) in [4.78, 5) is 3.98. The number of hydrogen-bond acceptors (Lipinski definition) is 4. The van der Waals surface area contributed by atoms with Crippen molar-refractivity contribution in [3.8, 4) is 5.75 Å². The van der Waals surface area contributed by atoms with Gasteiger partial charge in [-0.05, 0) is 44.5 Å². The zero-order chi connectivity index (χ0) is 19.0. The van der Waals surface area contributed by atoms with E-state index in [1.165, 1.54) is 32.1 Å². The lowest BCUT2D eigenvalue weighted by Gasteiger charge is -2.08. The second-order valence-electron chi connectivity index (χ2n) is 6.32. The van der Waals surface area contributed by atoms with E-state index in [1.54, 1.807) is 12.1 Å². The van der Waals surface area contributed by atoms with Crippen molar-refractivity contribution in [3.63, 3.8) is 0 Å². The summed E-state index contributed by atoms with van der Waals surface area (Å²) in [6.45, 7) is 3.40. The van der Waals surface area contributed by atoms with Crippen LogP contribution in [0.3, 0.4) is 0 Å². The van der Waals surface area contributed by atoms with E-state index in [2.05, 4.69) is 10.3 Å². The van der Waals surface area contributed by atoms with Crippen LogP contribution in [0.5, 0.6) is 5.75 Å². The number of hydrogen-bond donors (Lipinski definition) is 5. The number of nitrogens with zero attached hydrogens (tertiary/aromatic N) is 1. The SMILES string of the molecule is N=C(N)c1cccc(OCCCNCCCCCCCCN=C(N)N)c1. The van der Waals surface area contributed by atoms with Gasteiger partial charge in [-0.2, -0.15) is 0 Å². The summed E-state index contributed by atoms with van der Waals surface area (Å²) >= 11 is 0. The Hall–Kier alpha value is -2.28. The molecule has 7 heteroatoms. The smallest absolute Gasteiger partial charge is 0.185 e. The third-order valence-electron chi connectivity index (χ3n) is 3.97. The highest BCUT2D eigenvalue weighted by molar-refractivity contribution is 5.95. The number of amidine groups is 1. The molecule has 0 atom stereocenters. The highest BCUT2D eigenvalue weighted by atomic mass is 16.5. The van der Waals surface area contributed by atoms with Crippen molar-refractivity contribution in [2.75, 3.05) is 26.2 Å². The van der Waals surface area contributed by atoms with Crippen molar-refractivity contribution >= 4 is 11.8 Å². The highest BCUT2D eigenvalue weighted by Crippen LogP contribution is 2.13. The highest BCUT2D eigenvalue weighted by Gasteiger charge is 1.99. The topological polar surface area (TPSA) is 136 Å².